The first-order chi connectivity index (χ1) is 52.6. The van der Waals surface area contributed by atoms with Gasteiger partial charge in [0.2, 0.25) is 65.0 Å². The fourth-order valence-electron chi connectivity index (χ4n) is 11.6. The molecule has 0 saturated carbocycles. The maximum atomic E-state index is 15.4. The van der Waals surface area contributed by atoms with Gasteiger partial charge in [-0.2, -0.15) is 25.3 Å². The molecule has 0 saturated heterocycles. The lowest BCUT2D eigenvalue weighted by Crippen LogP contribution is -2.63. The number of carboxylic acid groups (broad SMARTS) is 1. The number of aliphatic hydroxyl groups is 2. The zero-order valence-electron chi connectivity index (χ0n) is 61.2. The number of benzene rings is 4. The number of carbonyl (C=O) groups is 12. The van der Waals surface area contributed by atoms with Gasteiger partial charge in [-0.1, -0.05) is 123 Å². The molecule has 0 aliphatic heterocycles. The Bertz CT molecular complexity index is 4030. The molecule has 36 heteroatoms. The highest BCUT2D eigenvalue weighted by Gasteiger charge is 2.39. The number of carboxylic acids is 1. The van der Waals surface area contributed by atoms with Crippen LogP contribution < -0.4 is 81.0 Å². The number of guanidine groups is 1. The van der Waals surface area contributed by atoms with E-state index >= 15 is 14.4 Å². The number of aromatic amines is 2. The highest BCUT2D eigenvalue weighted by molar-refractivity contribution is 7.80. The van der Waals surface area contributed by atoms with Crippen LogP contribution in [0.1, 0.15) is 80.8 Å². The van der Waals surface area contributed by atoms with Crippen molar-refractivity contribution < 1.29 is 72.9 Å². The molecule has 0 radical (unpaired) electrons. The summed E-state index contributed by atoms with van der Waals surface area (Å²) in [6, 6.07) is 14.9. The summed E-state index contributed by atoms with van der Waals surface area (Å²) < 4.78 is 0. The molecule has 24 N–H and O–H groups in total. The van der Waals surface area contributed by atoms with Crippen LogP contribution in [0.15, 0.2) is 134 Å². The van der Waals surface area contributed by atoms with Crippen LogP contribution in [-0.4, -0.2) is 217 Å². The van der Waals surface area contributed by atoms with Crippen molar-refractivity contribution in [3.8, 4) is 0 Å². The van der Waals surface area contributed by atoms with Crippen LogP contribution in [0.4, 0.5) is 0 Å². The Morgan fingerprint density at radius 2 is 0.891 bits per heavy atom. The first kappa shape index (κ1) is 88.0. The maximum absolute atomic E-state index is 15.4. The molecule has 34 nitrogen and oxygen atoms in total. The average molecular weight is 1560 g/mol. The van der Waals surface area contributed by atoms with Gasteiger partial charge in [-0.25, -0.2) is 9.78 Å². The third-order valence-corrected chi connectivity index (χ3v) is 18.5. The van der Waals surface area contributed by atoms with E-state index in [1.54, 1.807) is 135 Å². The first-order valence-electron chi connectivity index (χ1n) is 35.9. The number of para-hydroxylation sites is 1. The summed E-state index contributed by atoms with van der Waals surface area (Å²) in [5.74, 6) is -13.0. The van der Waals surface area contributed by atoms with Gasteiger partial charge in [-0.15, -0.1) is 0 Å². The number of aliphatic hydroxyl groups excluding tert-OH is 2. The van der Waals surface area contributed by atoms with E-state index in [9.17, 15) is 58.5 Å². The average Bonchev–Trinajstić information content (AvgIpc) is 1.64. The second kappa shape index (κ2) is 45.2. The molecule has 13 atom stereocenters. The largest absolute Gasteiger partial charge is 0.480 e. The molecule has 0 bridgehead atoms. The van der Waals surface area contributed by atoms with E-state index in [0.717, 1.165) is 6.92 Å². The predicted octanol–water partition coefficient (Wildman–Crippen LogP) is -2.57. The lowest BCUT2D eigenvalue weighted by atomic mass is 9.99. The summed E-state index contributed by atoms with van der Waals surface area (Å²) in [7, 11) is 0. The molecule has 2 aromatic heterocycles. The number of unbranched alkanes of at least 4 members (excludes halogenated alkanes) is 1. The number of imidazole rings is 1. The van der Waals surface area contributed by atoms with Crippen molar-refractivity contribution in [2.75, 3.05) is 31.2 Å². The van der Waals surface area contributed by atoms with Crippen LogP contribution in [0, 0.1) is 11.3 Å². The van der Waals surface area contributed by atoms with Crippen LogP contribution >= 0.6 is 25.3 Å². The number of aromatic nitrogens is 3. The normalized spacial score (nSPS) is 14.7. The minimum Gasteiger partial charge on any atom is -0.480 e. The second-order valence-corrected chi connectivity index (χ2v) is 27.4. The van der Waals surface area contributed by atoms with Gasteiger partial charge < -0.3 is 106 Å². The number of nitrogens with one attached hydrogen (secondary N) is 15. The summed E-state index contributed by atoms with van der Waals surface area (Å²) in [6.07, 6.45) is 2.67. The Kier molecular flexibility index (Phi) is 36.1. The molecule has 11 amide bonds. The van der Waals surface area contributed by atoms with Crippen LogP contribution in [0.3, 0.4) is 0 Å². The minimum absolute atomic E-state index is 0.00290. The Labute approximate surface area is 646 Å². The van der Waals surface area contributed by atoms with Crippen molar-refractivity contribution in [3.05, 3.63) is 162 Å². The van der Waals surface area contributed by atoms with E-state index < -0.39 is 162 Å². The maximum Gasteiger partial charge on any atom is 0.327 e. The van der Waals surface area contributed by atoms with Gasteiger partial charge in [-0.3, -0.25) is 58.1 Å². The summed E-state index contributed by atoms with van der Waals surface area (Å²) in [6.45, 7) is 3.67. The Morgan fingerprint density at radius 1 is 0.482 bits per heavy atom. The van der Waals surface area contributed by atoms with Crippen LogP contribution in [0.2, 0.25) is 0 Å². The number of fused-ring (bicyclic) bond motifs is 1. The number of nitrogens with two attached hydrogens (primary N) is 3. The number of rotatable bonds is 46. The molecule has 6 aromatic rings. The van der Waals surface area contributed by atoms with Crippen LogP contribution in [-0.2, 0) is 89.6 Å². The molecular formula is C74H101N19O15S2. The molecule has 0 aliphatic carbocycles. The summed E-state index contributed by atoms with van der Waals surface area (Å²) >= 11 is 8.04. The molecule has 0 aliphatic rings. The molecule has 0 unspecified atom stereocenters. The third-order valence-electron chi connectivity index (χ3n) is 17.7. The summed E-state index contributed by atoms with van der Waals surface area (Å²) in [5, 5.41) is 70.0. The standard InChI is InChI=1S/C74H101N19O15S2/c1-41(2)60(71(105)89-55(32-45-22-11-6-12-23-45)69(103)93-61(42(3)95)72(106)90-58(37-94)70(104)91-59(39-110)73(107)108)92-64(98)51(26-15-16-28-75)84-67(101)56(33-46-35-81-50-25-14-13-24-48(46)50)87-66(100)54(31-44-20-9-5-10-21-44)85-65(99)53(30-43-18-7-4-8-19-43)86-68(102)57(34-47-36-79-40-82-47)88-63(97)52(27-17-29-80-74(77)78)83-62(96)49(76)38-109/h4-14,18-25,35-36,40-42,49,51-61,81,94-95,109-110H,15-17,26-34,37-39,75-76H2,1-3H3,(H,79,82)(H,83,96)(H,84,101)(H,85,99)(H,86,102)(H,87,100)(H,88,97)(H,89,105)(H,90,106)(H,91,104)(H,92,98)(H,93,103)(H,107,108)(H4,77,78,80)/t42-,49+,51+,52+,53+,54+,55+,56-,57+,58+,59+,60+,61+/m1/s1. The zero-order valence-corrected chi connectivity index (χ0v) is 63.0. The van der Waals surface area contributed by atoms with Gasteiger partial charge in [0, 0.05) is 73.5 Å². The van der Waals surface area contributed by atoms with Crippen molar-refractivity contribution >= 4 is 113 Å². The Balaban J connectivity index is 1.30. The SMILES string of the molecule is CC(C)[C@H](NC(=O)[C@H](CCCCN)NC(=O)[C@@H](Cc1c[nH]c2ccccc12)NC(=O)[C@H](Cc1ccccc1)NC(=O)[C@H](Cc1ccccc1)NC(=O)[C@H](Cc1c[nH]cn1)NC(=O)[C@H](CCCNC(=N)N)NC(=O)[C@@H](N)CS)C(=O)N[C@@H](Cc1ccccc1)C(=O)N[C@H](C(=O)N[C@@H](CO)C(=O)N[C@@H](CS)C(=O)O)[C@@H](C)O. The van der Waals surface area contributed by atoms with E-state index in [0.29, 0.717) is 45.3 Å². The third kappa shape index (κ3) is 28.3. The lowest BCUT2D eigenvalue weighted by Gasteiger charge is -2.30. The number of amides is 11. The summed E-state index contributed by atoms with van der Waals surface area (Å²) in [5.41, 5.74) is 20.6. The molecule has 4 aromatic carbocycles. The van der Waals surface area contributed by atoms with Crippen molar-refractivity contribution in [3.63, 3.8) is 0 Å². The van der Waals surface area contributed by atoms with Crippen LogP contribution in [0.25, 0.3) is 10.9 Å². The van der Waals surface area contributed by atoms with Gasteiger partial charge in [0.25, 0.3) is 0 Å². The van der Waals surface area contributed by atoms with Crippen molar-refractivity contribution in [1.29, 1.82) is 5.41 Å². The number of H-pyrrole nitrogens is 2. The first-order valence-corrected chi connectivity index (χ1v) is 37.2. The predicted molar refractivity (Wildman–Crippen MR) is 415 cm³/mol. The smallest absolute Gasteiger partial charge is 0.327 e. The number of aliphatic carboxylic acids is 1. The van der Waals surface area contributed by atoms with Gasteiger partial charge in [0.1, 0.15) is 66.5 Å². The number of nitrogens with zero attached hydrogens (tertiary/aromatic N) is 1. The van der Waals surface area contributed by atoms with E-state index in [2.05, 4.69) is 104 Å². The molecule has 110 heavy (non-hydrogen) atoms. The molecule has 0 spiro atoms. The van der Waals surface area contributed by atoms with Crippen molar-refractivity contribution in [1.82, 2.24) is 78.8 Å². The van der Waals surface area contributed by atoms with E-state index in [1.165, 1.54) is 12.5 Å². The highest BCUT2D eigenvalue weighted by Crippen LogP contribution is 2.21. The number of thiol groups is 2. The molecule has 594 valence electrons. The topological polar surface area (TPSA) is 556 Å². The Morgan fingerprint density at radius 3 is 1.35 bits per heavy atom. The van der Waals surface area contributed by atoms with Crippen molar-refractivity contribution in [2.45, 2.75) is 164 Å². The fraction of sp³-hybridized carbons (Fsp3) is 0.432. The highest BCUT2D eigenvalue weighted by atomic mass is 32.1. The molecule has 6 rings (SSSR count). The van der Waals surface area contributed by atoms with Gasteiger partial charge in [0.15, 0.2) is 5.96 Å². The Hall–Kier alpha value is -10.9. The van der Waals surface area contributed by atoms with E-state index in [1.807, 2.05) is 0 Å². The molecule has 2 heterocycles. The van der Waals surface area contributed by atoms with Crippen LogP contribution in [0.5, 0.6) is 0 Å². The van der Waals surface area contributed by atoms with Crippen molar-refractivity contribution in [2.24, 2.45) is 23.1 Å². The zero-order chi connectivity index (χ0) is 80.4. The molecular weight excluding hydrogens is 1460 g/mol. The number of carbonyl (C=O) groups excluding carboxylic acids is 11. The summed E-state index contributed by atoms with van der Waals surface area (Å²) in [4.78, 5) is 181. The number of hydrogen-bond donors (Lipinski definition) is 23. The fourth-order valence-corrected chi connectivity index (χ4v) is 12.0. The van der Waals surface area contributed by atoms with Gasteiger partial charge in [-0.05, 0) is 79.8 Å². The van der Waals surface area contributed by atoms with E-state index in [-0.39, 0.29) is 88.3 Å². The number of hydrogen-bond acceptors (Lipinski definition) is 20. The minimum atomic E-state index is -1.83. The second-order valence-electron chi connectivity index (χ2n) is 26.7. The van der Waals surface area contributed by atoms with Gasteiger partial charge >= 0.3 is 5.97 Å². The lowest BCUT2D eigenvalue weighted by molar-refractivity contribution is -0.142. The quantitative estimate of drug-likeness (QED) is 0.00808. The van der Waals surface area contributed by atoms with Gasteiger partial charge in [0.05, 0.1) is 30.8 Å². The monoisotopic (exact) mass is 1560 g/mol. The van der Waals surface area contributed by atoms with E-state index in [4.69, 9.17) is 22.6 Å². The molecule has 0 fully saturated rings.